The van der Waals surface area contributed by atoms with Crippen LogP contribution in [-0.4, -0.2) is 31.1 Å². The molecule has 5 heteroatoms. The first-order chi connectivity index (χ1) is 10.1. The number of benzene rings is 1. The Labute approximate surface area is 124 Å². The summed E-state index contributed by atoms with van der Waals surface area (Å²) in [7, 11) is 0. The number of nitrogens with zero attached hydrogens (tertiary/aromatic N) is 1. The van der Waals surface area contributed by atoms with E-state index in [-0.39, 0.29) is 11.6 Å². The van der Waals surface area contributed by atoms with E-state index in [9.17, 15) is 13.2 Å². The minimum atomic E-state index is -1.03. The molecule has 0 amide bonds. The normalized spacial score (nSPS) is 17.9. The largest absolute Gasteiger partial charge is 0.314 e. The maximum atomic E-state index is 14.1. The lowest BCUT2D eigenvalue weighted by molar-refractivity contribution is 0.155. The van der Waals surface area contributed by atoms with Crippen molar-refractivity contribution >= 4 is 0 Å². The second-order valence-electron chi connectivity index (χ2n) is 5.55. The van der Waals surface area contributed by atoms with Crippen LogP contribution < -0.4 is 5.32 Å². The zero-order valence-corrected chi connectivity index (χ0v) is 12.5. The number of unbranched alkanes of at least 4 members (excludes halogenated alkanes) is 2. The van der Waals surface area contributed by atoms with Crippen LogP contribution in [0.1, 0.15) is 44.2 Å². The summed E-state index contributed by atoms with van der Waals surface area (Å²) in [5, 5.41) is 3.23. The molecule has 0 unspecified atom stereocenters. The molecule has 2 nitrogen and oxygen atoms in total. The molecular weight excluding hydrogens is 277 g/mol. The molecule has 1 aromatic carbocycles. The van der Waals surface area contributed by atoms with Crippen LogP contribution in [0.4, 0.5) is 13.2 Å². The Hall–Kier alpha value is -1.07. The maximum absolute atomic E-state index is 14.1. The molecule has 1 atom stereocenters. The van der Waals surface area contributed by atoms with E-state index < -0.39 is 17.5 Å². The summed E-state index contributed by atoms with van der Waals surface area (Å²) in [6, 6.07) is 1.51. The Bertz CT molecular complexity index is 459. The van der Waals surface area contributed by atoms with Crippen molar-refractivity contribution in [3.63, 3.8) is 0 Å². The predicted molar refractivity (Wildman–Crippen MR) is 77.6 cm³/mol. The molecule has 1 aromatic rings. The highest BCUT2D eigenvalue weighted by Gasteiger charge is 2.28. The third kappa shape index (κ3) is 3.98. The van der Waals surface area contributed by atoms with E-state index in [1.165, 1.54) is 0 Å². The van der Waals surface area contributed by atoms with Crippen LogP contribution in [0.3, 0.4) is 0 Å². The summed E-state index contributed by atoms with van der Waals surface area (Å²) in [6.07, 6.45) is 3.61. The first-order valence-corrected chi connectivity index (χ1v) is 7.73. The molecule has 0 saturated carbocycles. The highest BCUT2D eigenvalue weighted by molar-refractivity contribution is 5.25. The van der Waals surface area contributed by atoms with Crippen LogP contribution in [0.15, 0.2) is 12.1 Å². The Morgan fingerprint density at radius 3 is 2.43 bits per heavy atom. The van der Waals surface area contributed by atoms with E-state index in [0.29, 0.717) is 6.42 Å². The van der Waals surface area contributed by atoms with Gasteiger partial charge in [-0.2, -0.15) is 0 Å². The third-order valence-corrected chi connectivity index (χ3v) is 4.09. The van der Waals surface area contributed by atoms with Gasteiger partial charge in [0.15, 0.2) is 11.6 Å². The first-order valence-electron chi connectivity index (χ1n) is 7.73. The number of hydrogen-bond acceptors (Lipinski definition) is 2. The van der Waals surface area contributed by atoms with Gasteiger partial charge in [0.25, 0.3) is 0 Å². The van der Waals surface area contributed by atoms with Crippen molar-refractivity contribution in [2.24, 2.45) is 0 Å². The van der Waals surface area contributed by atoms with Crippen molar-refractivity contribution in [1.82, 2.24) is 10.2 Å². The van der Waals surface area contributed by atoms with Crippen molar-refractivity contribution < 1.29 is 13.2 Å². The topological polar surface area (TPSA) is 15.3 Å². The monoisotopic (exact) mass is 300 g/mol. The lowest BCUT2D eigenvalue weighted by Crippen LogP contribution is -2.45. The van der Waals surface area contributed by atoms with Crippen molar-refractivity contribution in [1.29, 1.82) is 0 Å². The Morgan fingerprint density at radius 1 is 1.10 bits per heavy atom. The predicted octanol–water partition coefficient (Wildman–Crippen LogP) is 3.63. The third-order valence-electron chi connectivity index (χ3n) is 4.09. The van der Waals surface area contributed by atoms with Crippen molar-refractivity contribution in [2.45, 2.75) is 38.6 Å². The fourth-order valence-electron chi connectivity index (χ4n) is 2.94. The summed E-state index contributed by atoms with van der Waals surface area (Å²) >= 11 is 0. The minimum Gasteiger partial charge on any atom is -0.314 e. The highest BCUT2D eigenvalue weighted by atomic mass is 19.2. The zero-order chi connectivity index (χ0) is 15.2. The van der Waals surface area contributed by atoms with Gasteiger partial charge < -0.3 is 5.32 Å². The molecule has 1 aliphatic rings. The zero-order valence-electron chi connectivity index (χ0n) is 12.5. The molecule has 1 fully saturated rings. The lowest BCUT2D eigenvalue weighted by atomic mass is 9.97. The Morgan fingerprint density at radius 2 is 1.76 bits per heavy atom. The van der Waals surface area contributed by atoms with E-state index in [0.717, 1.165) is 57.6 Å². The number of nitrogens with one attached hydrogen (secondary N) is 1. The summed E-state index contributed by atoms with van der Waals surface area (Å²) in [5.74, 6) is -2.65. The van der Waals surface area contributed by atoms with Crippen LogP contribution in [-0.2, 0) is 0 Å². The molecule has 118 valence electrons. The van der Waals surface area contributed by atoms with Crippen molar-refractivity contribution in [2.75, 3.05) is 26.2 Å². The van der Waals surface area contributed by atoms with Gasteiger partial charge in [0.05, 0.1) is 0 Å². The fourth-order valence-corrected chi connectivity index (χ4v) is 2.94. The van der Waals surface area contributed by atoms with Gasteiger partial charge in [-0.05, 0) is 18.6 Å². The molecule has 1 N–H and O–H groups in total. The SMILES string of the molecule is CCCCC[C@@H](c1c(F)ccc(F)c1F)N1CCNCC1. The molecule has 1 aliphatic heterocycles. The van der Waals surface area contributed by atoms with Gasteiger partial charge in [0.1, 0.15) is 5.82 Å². The van der Waals surface area contributed by atoms with Gasteiger partial charge in [-0.15, -0.1) is 0 Å². The van der Waals surface area contributed by atoms with Crippen LogP contribution in [0, 0.1) is 17.5 Å². The molecule has 0 radical (unpaired) electrons. The summed E-state index contributed by atoms with van der Waals surface area (Å²) in [6.45, 7) is 5.13. The first kappa shape index (κ1) is 16.3. The lowest BCUT2D eigenvalue weighted by Gasteiger charge is -2.35. The van der Waals surface area contributed by atoms with E-state index in [1.807, 2.05) is 0 Å². The molecule has 0 aliphatic carbocycles. The summed E-state index contributed by atoms with van der Waals surface area (Å²) in [5.41, 5.74) is -0.104. The second-order valence-corrected chi connectivity index (χ2v) is 5.55. The van der Waals surface area contributed by atoms with Crippen LogP contribution >= 0.6 is 0 Å². The molecule has 1 heterocycles. The van der Waals surface area contributed by atoms with E-state index in [1.54, 1.807) is 0 Å². The van der Waals surface area contributed by atoms with E-state index in [4.69, 9.17) is 0 Å². The van der Waals surface area contributed by atoms with Crippen LogP contribution in [0.5, 0.6) is 0 Å². The van der Waals surface area contributed by atoms with Gasteiger partial charge >= 0.3 is 0 Å². The van der Waals surface area contributed by atoms with Gasteiger partial charge in [-0.1, -0.05) is 26.2 Å². The highest BCUT2D eigenvalue weighted by Crippen LogP contribution is 2.32. The Kier molecular flexibility index (Phi) is 6.06. The van der Waals surface area contributed by atoms with E-state index >= 15 is 0 Å². The summed E-state index contributed by atoms with van der Waals surface area (Å²) < 4.78 is 41.7. The molecule has 2 rings (SSSR count). The van der Waals surface area contributed by atoms with Gasteiger partial charge in [-0.25, -0.2) is 13.2 Å². The maximum Gasteiger partial charge on any atom is 0.166 e. The molecule has 0 aromatic heterocycles. The van der Waals surface area contributed by atoms with Crippen LogP contribution in [0.25, 0.3) is 0 Å². The van der Waals surface area contributed by atoms with Gasteiger partial charge in [0.2, 0.25) is 0 Å². The van der Waals surface area contributed by atoms with Gasteiger partial charge in [-0.3, -0.25) is 4.90 Å². The second kappa shape index (κ2) is 7.80. The van der Waals surface area contributed by atoms with Crippen LogP contribution in [0.2, 0.25) is 0 Å². The van der Waals surface area contributed by atoms with Crippen molar-refractivity contribution in [3.8, 4) is 0 Å². The average molecular weight is 300 g/mol. The molecule has 21 heavy (non-hydrogen) atoms. The summed E-state index contributed by atoms with van der Waals surface area (Å²) in [4.78, 5) is 2.06. The van der Waals surface area contributed by atoms with Gasteiger partial charge in [0, 0.05) is 37.8 Å². The standard InChI is InChI=1S/C16H23F3N2/c1-2-3-4-5-14(21-10-8-20-9-11-21)15-12(17)6-7-13(18)16(15)19/h6-7,14,20H,2-5,8-11H2,1H3/t14-/m0/s1. The molecule has 0 spiro atoms. The average Bonchev–Trinajstić information content (AvgIpc) is 2.51. The molecular formula is C16H23F3N2. The Balaban J connectivity index is 2.27. The fraction of sp³-hybridized carbons (Fsp3) is 0.625. The minimum absolute atomic E-state index is 0.104. The molecule has 1 saturated heterocycles. The smallest absolute Gasteiger partial charge is 0.166 e. The van der Waals surface area contributed by atoms with E-state index in [2.05, 4.69) is 17.1 Å². The number of halogens is 3. The number of hydrogen-bond donors (Lipinski definition) is 1. The van der Waals surface area contributed by atoms with Crippen molar-refractivity contribution in [3.05, 3.63) is 35.1 Å². The molecule has 0 bridgehead atoms. The number of rotatable bonds is 6. The number of piperazine rings is 1. The quantitative estimate of drug-likeness (QED) is 0.637.